The molecule has 28 heavy (non-hydrogen) atoms. The van der Waals surface area contributed by atoms with Crippen molar-refractivity contribution in [3.8, 4) is 0 Å². The van der Waals surface area contributed by atoms with Crippen molar-refractivity contribution in [2.75, 3.05) is 6.61 Å². The average molecular weight is 408 g/mol. The largest absolute Gasteiger partial charge is 0.456 e. The van der Waals surface area contributed by atoms with Gasteiger partial charge in [0.1, 0.15) is 12.3 Å². The second-order valence-corrected chi connectivity index (χ2v) is 7.16. The Bertz CT molecular complexity index is 839. The van der Waals surface area contributed by atoms with Crippen LogP contribution >= 0.6 is 9.47 Å². The van der Waals surface area contributed by atoms with Gasteiger partial charge in [0.2, 0.25) is 5.91 Å². The summed E-state index contributed by atoms with van der Waals surface area (Å²) in [5, 5.41) is 20.4. The van der Waals surface area contributed by atoms with E-state index < -0.39 is 16.8 Å². The van der Waals surface area contributed by atoms with E-state index in [1.165, 1.54) is 29.2 Å². The summed E-state index contributed by atoms with van der Waals surface area (Å²) < 4.78 is 10.5. The minimum Gasteiger partial charge on any atom is -0.456 e. The molecule has 3 rings (SSSR count). The van der Waals surface area contributed by atoms with E-state index in [1.807, 2.05) is 6.92 Å². The Labute approximate surface area is 163 Å². The molecule has 2 aliphatic rings. The number of nitrogens with zero attached hydrogens (tertiary/aromatic N) is 2. The Kier molecular flexibility index (Phi) is 5.79. The van der Waals surface area contributed by atoms with Crippen LogP contribution in [0.2, 0.25) is 0 Å². The summed E-state index contributed by atoms with van der Waals surface area (Å²) in [6.07, 6.45) is -0.336. The first kappa shape index (κ1) is 20.4. The minimum absolute atomic E-state index is 0.0598. The van der Waals surface area contributed by atoms with Gasteiger partial charge in [0, 0.05) is 27.5 Å². The number of esters is 1. The lowest BCUT2D eigenvalue weighted by Crippen LogP contribution is -2.63. The summed E-state index contributed by atoms with van der Waals surface area (Å²) >= 11 is 0. The third kappa shape index (κ3) is 3.30. The molecule has 150 valence electrons. The highest BCUT2D eigenvalue weighted by Gasteiger charge is 2.60. The monoisotopic (exact) mass is 408 g/mol. The van der Waals surface area contributed by atoms with Gasteiger partial charge < -0.3 is 19.3 Å². The Morgan fingerprint density at radius 1 is 1.39 bits per heavy atom. The van der Waals surface area contributed by atoms with Crippen LogP contribution in [0.15, 0.2) is 35.5 Å². The molecule has 5 unspecified atom stereocenters. The van der Waals surface area contributed by atoms with Crippen LogP contribution in [0.4, 0.5) is 5.69 Å². The van der Waals surface area contributed by atoms with E-state index in [2.05, 4.69) is 9.47 Å². The van der Waals surface area contributed by atoms with Gasteiger partial charge >= 0.3 is 5.97 Å². The highest BCUT2D eigenvalue weighted by atomic mass is 31.0. The van der Waals surface area contributed by atoms with Crippen molar-refractivity contribution < 1.29 is 28.9 Å². The third-order valence-electron chi connectivity index (χ3n) is 5.40. The molecule has 0 radical (unpaired) electrons. The molecule has 2 heterocycles. The number of carbonyl (C=O) groups is 2. The maximum absolute atomic E-state index is 12.7. The Balaban J connectivity index is 1.74. The zero-order valence-corrected chi connectivity index (χ0v) is 16.6. The van der Waals surface area contributed by atoms with Crippen molar-refractivity contribution in [3.05, 3.63) is 51.2 Å². The number of carbonyl (C=O) groups excluding carboxylic acids is 2. The molecule has 9 nitrogen and oxygen atoms in total. The molecule has 1 amide bonds. The molecule has 1 aromatic rings. The molecule has 0 aliphatic carbocycles. The van der Waals surface area contributed by atoms with Crippen molar-refractivity contribution >= 4 is 27.0 Å². The zero-order valence-electron chi connectivity index (χ0n) is 15.4. The van der Waals surface area contributed by atoms with Gasteiger partial charge in [-0.15, -0.1) is 0 Å². The van der Waals surface area contributed by atoms with Crippen molar-refractivity contribution in [1.29, 1.82) is 0 Å². The second kappa shape index (κ2) is 7.95. The normalized spacial score (nSPS) is 24.6. The fourth-order valence-electron chi connectivity index (χ4n) is 3.84. The fraction of sp³-hybridized carbons (Fsp3) is 0.444. The minimum atomic E-state index is -0.706. The van der Waals surface area contributed by atoms with E-state index in [4.69, 9.17) is 9.26 Å². The summed E-state index contributed by atoms with van der Waals surface area (Å²) in [5.74, 6) is -1.54. The van der Waals surface area contributed by atoms with E-state index >= 15 is 0 Å². The first-order valence-corrected chi connectivity index (χ1v) is 9.21. The number of amides is 1. The summed E-state index contributed by atoms with van der Waals surface area (Å²) in [6, 6.07) is 5.38. The quantitative estimate of drug-likeness (QED) is 0.239. The second-order valence-electron chi connectivity index (χ2n) is 6.89. The number of aliphatic hydroxyl groups excluding tert-OH is 1. The number of nitro groups is 1. The van der Waals surface area contributed by atoms with Gasteiger partial charge in [0.05, 0.1) is 29.6 Å². The smallest absolute Gasteiger partial charge is 0.355 e. The number of hydrogen-bond donors (Lipinski definition) is 1. The molecule has 5 atom stereocenters. The van der Waals surface area contributed by atoms with Crippen LogP contribution in [0.1, 0.15) is 19.4 Å². The first-order chi connectivity index (χ1) is 13.3. The predicted molar refractivity (Wildman–Crippen MR) is 101 cm³/mol. The van der Waals surface area contributed by atoms with Gasteiger partial charge in [0.15, 0.2) is 0 Å². The van der Waals surface area contributed by atoms with Gasteiger partial charge in [-0.1, -0.05) is 6.92 Å². The topological polar surface area (TPSA) is 119 Å². The van der Waals surface area contributed by atoms with Crippen LogP contribution in [-0.2, 0) is 25.5 Å². The van der Waals surface area contributed by atoms with E-state index in [9.17, 15) is 24.8 Å². The third-order valence-corrected chi connectivity index (χ3v) is 5.83. The Morgan fingerprint density at radius 2 is 2.04 bits per heavy atom. The summed E-state index contributed by atoms with van der Waals surface area (Å²) in [7, 11) is 2.14. The Hall–Kier alpha value is -2.35. The summed E-state index contributed by atoms with van der Waals surface area (Å²) in [4.78, 5) is 36.8. The van der Waals surface area contributed by atoms with Gasteiger partial charge in [-0.2, -0.15) is 0 Å². The summed E-state index contributed by atoms with van der Waals surface area (Å²) in [6.45, 7) is 3.18. The van der Waals surface area contributed by atoms with Crippen molar-refractivity contribution in [3.63, 3.8) is 0 Å². The molecule has 0 bridgehead atoms. The standard InChI is InChI=1S/C18H21N2O7P/c1-9-13(7-21)16(19-15(9)14(17(19)22)10(2)27-28)18(23)26-8-11-3-5-12(6-4-11)20(24)25/h3-6,9-10,14-15,21H,7-8,28H2,1-2H3. The summed E-state index contributed by atoms with van der Waals surface area (Å²) in [5.41, 5.74) is 1.06. The lowest BCUT2D eigenvalue weighted by molar-refractivity contribution is -0.384. The highest BCUT2D eigenvalue weighted by molar-refractivity contribution is 7.09. The van der Waals surface area contributed by atoms with E-state index in [1.54, 1.807) is 6.92 Å². The molecule has 0 spiro atoms. The number of aliphatic hydroxyl groups is 1. The van der Waals surface area contributed by atoms with Crippen LogP contribution in [0.5, 0.6) is 0 Å². The number of benzene rings is 1. The predicted octanol–water partition coefficient (Wildman–Crippen LogP) is 1.56. The number of rotatable bonds is 7. The maximum atomic E-state index is 12.7. The molecular weight excluding hydrogens is 387 g/mol. The molecule has 1 fully saturated rings. The van der Waals surface area contributed by atoms with Gasteiger partial charge in [-0.05, 0) is 30.2 Å². The number of hydrogen-bond acceptors (Lipinski definition) is 7. The molecule has 1 aromatic carbocycles. The SMILES string of the molecule is CC(OP)C1C(=O)N2C(C(=O)OCc3ccc([N+](=O)[O-])cc3)=C(CO)C(C)C12. The van der Waals surface area contributed by atoms with Crippen LogP contribution < -0.4 is 0 Å². The molecule has 1 saturated heterocycles. The maximum Gasteiger partial charge on any atom is 0.355 e. The van der Waals surface area contributed by atoms with Gasteiger partial charge in [0.25, 0.3) is 5.69 Å². The van der Waals surface area contributed by atoms with E-state index in [0.29, 0.717) is 11.1 Å². The Morgan fingerprint density at radius 3 is 2.57 bits per heavy atom. The van der Waals surface area contributed by atoms with Crippen LogP contribution in [0.25, 0.3) is 0 Å². The van der Waals surface area contributed by atoms with Crippen molar-refractivity contribution in [2.45, 2.75) is 32.6 Å². The number of nitro benzene ring substituents is 1. The molecular formula is C18H21N2O7P. The number of ether oxygens (including phenoxy) is 1. The lowest BCUT2D eigenvalue weighted by atomic mass is 9.78. The fourth-order valence-corrected chi connectivity index (χ4v) is 4.01. The number of fused-ring (bicyclic) bond motifs is 1. The van der Waals surface area contributed by atoms with Crippen molar-refractivity contribution in [1.82, 2.24) is 4.90 Å². The van der Waals surface area contributed by atoms with Gasteiger partial charge in [-0.25, -0.2) is 4.79 Å². The van der Waals surface area contributed by atoms with E-state index in [-0.39, 0.29) is 48.6 Å². The average Bonchev–Trinajstić information content (AvgIpc) is 2.94. The van der Waals surface area contributed by atoms with Crippen LogP contribution in [-0.4, -0.2) is 45.6 Å². The molecule has 2 aliphatic heterocycles. The molecule has 10 heteroatoms. The highest BCUT2D eigenvalue weighted by Crippen LogP contribution is 2.47. The lowest BCUT2D eigenvalue weighted by Gasteiger charge is -2.47. The van der Waals surface area contributed by atoms with Crippen molar-refractivity contribution in [2.24, 2.45) is 11.8 Å². The zero-order chi connectivity index (χ0) is 20.6. The van der Waals surface area contributed by atoms with Crippen LogP contribution in [0.3, 0.4) is 0 Å². The molecule has 1 N–H and O–H groups in total. The molecule has 0 saturated carbocycles. The first-order valence-electron chi connectivity index (χ1n) is 8.74. The number of non-ortho nitro benzene ring substituents is 1. The molecule has 0 aromatic heterocycles. The number of β-lactam (4-membered cyclic amide) rings is 1. The van der Waals surface area contributed by atoms with Gasteiger partial charge in [-0.3, -0.25) is 14.9 Å². The van der Waals surface area contributed by atoms with Crippen LogP contribution in [0, 0.1) is 22.0 Å². The van der Waals surface area contributed by atoms with E-state index in [0.717, 1.165) is 0 Å².